The zero-order valence-electron chi connectivity index (χ0n) is 37.4. The molecule has 4 aromatic carbocycles. The summed E-state index contributed by atoms with van der Waals surface area (Å²) in [6, 6.07) is 28.9. The highest BCUT2D eigenvalue weighted by molar-refractivity contribution is 5.98. The Morgan fingerprint density at radius 2 is 0.650 bits per heavy atom. The minimum absolute atomic E-state index is 0.126. The first-order chi connectivity index (χ1) is 28.1. The van der Waals surface area contributed by atoms with Crippen molar-refractivity contribution in [2.45, 2.75) is 128 Å². The van der Waals surface area contributed by atoms with Crippen LogP contribution >= 0.6 is 0 Å². The summed E-state index contributed by atoms with van der Waals surface area (Å²) in [5, 5.41) is 18.9. The van der Waals surface area contributed by atoms with Gasteiger partial charge in [0.15, 0.2) is 11.6 Å². The van der Waals surface area contributed by atoms with E-state index in [4.69, 9.17) is 9.47 Å². The maximum atomic E-state index is 13.2. The molecule has 0 aliphatic heterocycles. The van der Waals surface area contributed by atoms with Gasteiger partial charge in [-0.25, -0.2) is 0 Å². The second kappa shape index (κ2) is 19.9. The molecule has 2 saturated carbocycles. The maximum absolute atomic E-state index is 13.2. The summed E-state index contributed by atoms with van der Waals surface area (Å²) in [6.07, 6.45) is 7.47. The van der Waals surface area contributed by atoms with Gasteiger partial charge in [-0.2, -0.15) is 0 Å². The number of hydrogen-bond donors (Lipinski definition) is 2. The predicted molar refractivity (Wildman–Crippen MR) is 238 cm³/mol. The molecular formula is C52H66O8. The van der Waals surface area contributed by atoms with E-state index in [1.807, 2.05) is 104 Å². The molecule has 2 fully saturated rings. The van der Waals surface area contributed by atoms with Gasteiger partial charge < -0.3 is 19.7 Å². The van der Waals surface area contributed by atoms with Crippen molar-refractivity contribution in [3.63, 3.8) is 0 Å². The average Bonchev–Trinajstić information content (AvgIpc) is 3.24. The monoisotopic (exact) mass is 818 g/mol. The van der Waals surface area contributed by atoms with Crippen molar-refractivity contribution < 1.29 is 38.9 Å². The summed E-state index contributed by atoms with van der Waals surface area (Å²) >= 11 is 0. The predicted octanol–water partition coefficient (Wildman–Crippen LogP) is 11.0. The van der Waals surface area contributed by atoms with Gasteiger partial charge in [0.25, 0.3) is 0 Å². The Morgan fingerprint density at radius 3 is 0.867 bits per heavy atom. The number of rotatable bonds is 11. The van der Waals surface area contributed by atoms with Gasteiger partial charge in [0, 0.05) is 47.3 Å². The summed E-state index contributed by atoms with van der Waals surface area (Å²) in [7, 11) is 3.25. The van der Waals surface area contributed by atoms with Crippen molar-refractivity contribution in [3.8, 4) is 23.0 Å². The van der Waals surface area contributed by atoms with Crippen LogP contribution in [0.3, 0.4) is 0 Å². The normalized spacial score (nSPS) is 15.5. The van der Waals surface area contributed by atoms with Gasteiger partial charge in [-0.3, -0.25) is 19.2 Å². The van der Waals surface area contributed by atoms with Crippen LogP contribution in [0.15, 0.2) is 97.1 Å². The highest BCUT2D eigenvalue weighted by atomic mass is 16.5. The van der Waals surface area contributed by atoms with Crippen LogP contribution in [0.4, 0.5) is 0 Å². The Kier molecular flexibility index (Phi) is 15.7. The number of ether oxygens (including phenoxy) is 2. The Bertz CT molecular complexity index is 1880. The van der Waals surface area contributed by atoms with Gasteiger partial charge in [0.1, 0.15) is 34.6 Å². The maximum Gasteiger partial charge on any atom is 0.152 e. The van der Waals surface area contributed by atoms with Crippen molar-refractivity contribution >= 4 is 23.1 Å². The first kappa shape index (κ1) is 47.4. The van der Waals surface area contributed by atoms with Crippen LogP contribution in [0.5, 0.6) is 23.0 Å². The number of phenolic OH excluding ortho intramolecular Hbond substituents is 2. The molecule has 0 aromatic heterocycles. The minimum Gasteiger partial charge on any atom is -0.508 e. The number of Topliss-reactive ketones (excluding diaryl/α,β-unsaturated/α-hetero) is 4. The van der Waals surface area contributed by atoms with Gasteiger partial charge in [-0.1, -0.05) is 48.5 Å². The van der Waals surface area contributed by atoms with E-state index >= 15 is 0 Å². The van der Waals surface area contributed by atoms with Crippen LogP contribution in [-0.2, 0) is 40.8 Å². The van der Waals surface area contributed by atoms with Crippen LogP contribution < -0.4 is 9.47 Å². The molecule has 0 saturated heterocycles. The summed E-state index contributed by atoms with van der Waals surface area (Å²) in [5.74, 6) is 4.55. The lowest BCUT2D eigenvalue weighted by molar-refractivity contribution is -0.128. The van der Waals surface area contributed by atoms with Crippen LogP contribution in [0, 0.1) is 11.8 Å². The third-order valence-corrected chi connectivity index (χ3v) is 12.9. The molecule has 0 radical (unpaired) electrons. The Morgan fingerprint density at radius 1 is 0.433 bits per heavy atom. The molecule has 6 rings (SSSR count). The summed E-state index contributed by atoms with van der Waals surface area (Å²) in [5.41, 5.74) is 1.12. The molecule has 60 heavy (non-hydrogen) atoms. The van der Waals surface area contributed by atoms with Crippen LogP contribution in [0.1, 0.15) is 129 Å². The molecule has 0 heterocycles. The number of methoxy groups -OCH3 is 2. The van der Waals surface area contributed by atoms with E-state index in [1.54, 1.807) is 62.8 Å². The first-order valence-corrected chi connectivity index (χ1v) is 21.2. The zero-order valence-corrected chi connectivity index (χ0v) is 37.4. The molecule has 0 spiro atoms. The fraction of sp³-hybridized carbons (Fsp3) is 0.462. The van der Waals surface area contributed by atoms with Crippen molar-refractivity contribution in [2.75, 3.05) is 14.2 Å². The van der Waals surface area contributed by atoms with Crippen molar-refractivity contribution in [3.05, 3.63) is 119 Å². The van der Waals surface area contributed by atoms with Gasteiger partial charge in [0.2, 0.25) is 0 Å². The molecule has 4 aromatic rings. The molecule has 0 unspecified atom stereocenters. The van der Waals surface area contributed by atoms with Crippen molar-refractivity contribution in [1.29, 1.82) is 0 Å². The van der Waals surface area contributed by atoms with Crippen LogP contribution in [0.25, 0.3) is 0 Å². The van der Waals surface area contributed by atoms with E-state index in [9.17, 15) is 29.4 Å². The van der Waals surface area contributed by atoms with E-state index in [2.05, 4.69) is 0 Å². The molecule has 2 N–H and O–H groups in total. The number of phenols is 2. The fourth-order valence-corrected chi connectivity index (χ4v) is 8.73. The smallest absolute Gasteiger partial charge is 0.152 e. The third-order valence-electron chi connectivity index (χ3n) is 12.9. The molecule has 0 bridgehead atoms. The van der Waals surface area contributed by atoms with E-state index < -0.39 is 21.7 Å². The Labute approximate surface area is 357 Å². The number of carbonyl (C=O) groups is 4. The summed E-state index contributed by atoms with van der Waals surface area (Å²) in [4.78, 5) is 48.6. The lowest BCUT2D eigenvalue weighted by Crippen LogP contribution is -2.42. The molecular weight excluding hydrogens is 753 g/mol. The van der Waals surface area contributed by atoms with E-state index in [-0.39, 0.29) is 23.1 Å². The summed E-state index contributed by atoms with van der Waals surface area (Å²) in [6.45, 7) is 15.5. The molecule has 8 nitrogen and oxygen atoms in total. The SMILES string of the molecule is COc1ccc(C(C)(C)C(=O)C(C)(C)c2ccc(O)cc2)cc1.COc1ccc(C(C)(C)C(=O)C(C)(C)c2ccc(O)cc2)cc1.O=C1CCC(C2CCC(=O)CC2)CC1. The van der Waals surface area contributed by atoms with Crippen LogP contribution in [0.2, 0.25) is 0 Å². The van der Waals surface area contributed by atoms with Crippen molar-refractivity contribution in [2.24, 2.45) is 11.8 Å². The molecule has 8 heteroatoms. The molecule has 0 amide bonds. The minimum atomic E-state index is -0.656. The zero-order chi connectivity index (χ0) is 44.5. The quantitative estimate of drug-likeness (QED) is 0.153. The van der Waals surface area contributed by atoms with Gasteiger partial charge in [0.05, 0.1) is 14.2 Å². The average molecular weight is 819 g/mol. The first-order valence-electron chi connectivity index (χ1n) is 21.2. The topological polar surface area (TPSA) is 127 Å². The van der Waals surface area contributed by atoms with Crippen LogP contribution in [-0.4, -0.2) is 47.6 Å². The standard InChI is InChI=1S/2C20H24O3.C12H18O2/c2*1-19(2,14-6-10-16(21)11-7-14)18(22)20(3,4)15-8-12-17(23-5)13-9-15;13-11-5-1-9(2-6-11)10-3-7-12(14)8-4-10/h2*6-13,21H,1-5H3;9-10H,1-8H2. The number of carbonyl (C=O) groups excluding carboxylic acids is 4. The second-order valence-corrected chi connectivity index (χ2v) is 18.5. The molecule has 0 atom stereocenters. The highest BCUT2D eigenvalue weighted by Crippen LogP contribution is 2.39. The van der Waals surface area contributed by atoms with Gasteiger partial charge in [-0.05, 0) is 164 Å². The number of ketones is 4. The lowest BCUT2D eigenvalue weighted by Gasteiger charge is -2.34. The highest BCUT2D eigenvalue weighted by Gasteiger charge is 2.42. The largest absolute Gasteiger partial charge is 0.508 e. The van der Waals surface area contributed by atoms with Crippen molar-refractivity contribution in [1.82, 2.24) is 0 Å². The molecule has 2 aliphatic rings. The van der Waals surface area contributed by atoms with Gasteiger partial charge in [-0.15, -0.1) is 0 Å². The van der Waals surface area contributed by atoms with Gasteiger partial charge >= 0.3 is 0 Å². The third kappa shape index (κ3) is 11.5. The Hall–Kier alpha value is -5.24. The lowest BCUT2D eigenvalue weighted by atomic mass is 9.67. The van der Waals surface area contributed by atoms with E-state index in [0.717, 1.165) is 97.0 Å². The molecule has 322 valence electrons. The Balaban J connectivity index is 0.000000205. The second-order valence-electron chi connectivity index (χ2n) is 18.5. The van der Waals surface area contributed by atoms with E-state index in [1.165, 1.54) is 0 Å². The summed E-state index contributed by atoms with van der Waals surface area (Å²) < 4.78 is 10.4. The van der Waals surface area contributed by atoms with E-state index in [0.29, 0.717) is 11.6 Å². The number of hydrogen-bond acceptors (Lipinski definition) is 8. The molecule has 2 aliphatic carbocycles. The fourth-order valence-electron chi connectivity index (χ4n) is 8.73. The number of aromatic hydroxyl groups is 2. The number of benzene rings is 4.